The number of rotatable bonds is 3. The molecule has 3 rings (SSSR count). The lowest BCUT2D eigenvalue weighted by molar-refractivity contribution is 0.0513. The predicted molar refractivity (Wildman–Crippen MR) is 88.8 cm³/mol. The van der Waals surface area contributed by atoms with Crippen molar-refractivity contribution in [3.05, 3.63) is 52.3 Å². The topological polar surface area (TPSA) is 64.4 Å². The van der Waals surface area contributed by atoms with Gasteiger partial charge in [-0.1, -0.05) is 17.7 Å². The van der Waals surface area contributed by atoms with Crippen LogP contribution in [0.4, 0.5) is 0 Å². The largest absolute Gasteiger partial charge is 0.461 e. The summed E-state index contributed by atoms with van der Waals surface area (Å²) in [6.45, 7) is 5.05. The standard InChI is InChI=1S/C18H21N3O3/c1-4-24-18(23)16-14-11-21(10-9-15(14)20(3)19-16)17(22)13-7-5-12(2)6-8-13/h5-8H,4,9-11H2,1-3H3. The lowest BCUT2D eigenvalue weighted by atomic mass is 10.0. The highest BCUT2D eigenvalue weighted by molar-refractivity contribution is 5.95. The number of fused-ring (bicyclic) bond motifs is 1. The van der Waals surface area contributed by atoms with Crippen molar-refractivity contribution in [2.75, 3.05) is 13.2 Å². The molecule has 2 heterocycles. The van der Waals surface area contributed by atoms with Gasteiger partial charge in [-0.3, -0.25) is 9.48 Å². The van der Waals surface area contributed by atoms with E-state index in [2.05, 4.69) is 5.10 Å². The van der Waals surface area contributed by atoms with Crippen LogP contribution in [0.1, 0.15) is 44.6 Å². The Morgan fingerprint density at radius 3 is 2.62 bits per heavy atom. The van der Waals surface area contributed by atoms with Gasteiger partial charge in [0.1, 0.15) is 0 Å². The second-order valence-electron chi connectivity index (χ2n) is 5.96. The molecule has 0 spiro atoms. The van der Waals surface area contributed by atoms with Crippen molar-refractivity contribution in [1.82, 2.24) is 14.7 Å². The summed E-state index contributed by atoms with van der Waals surface area (Å²) in [5, 5.41) is 4.29. The minimum absolute atomic E-state index is 0.0284. The minimum atomic E-state index is -0.431. The molecule has 1 amide bonds. The Morgan fingerprint density at radius 1 is 1.25 bits per heavy atom. The number of hydrogen-bond acceptors (Lipinski definition) is 4. The maximum absolute atomic E-state index is 12.7. The van der Waals surface area contributed by atoms with E-state index in [4.69, 9.17) is 4.74 Å². The molecule has 0 N–H and O–H groups in total. The molecule has 6 nitrogen and oxygen atoms in total. The van der Waals surface area contributed by atoms with E-state index >= 15 is 0 Å². The highest BCUT2D eigenvalue weighted by atomic mass is 16.5. The van der Waals surface area contributed by atoms with Crippen LogP contribution < -0.4 is 0 Å². The van der Waals surface area contributed by atoms with Crippen molar-refractivity contribution >= 4 is 11.9 Å². The normalized spacial score (nSPS) is 13.5. The molecule has 1 aliphatic rings. The van der Waals surface area contributed by atoms with E-state index < -0.39 is 5.97 Å². The van der Waals surface area contributed by atoms with Crippen molar-refractivity contribution in [3.63, 3.8) is 0 Å². The molecule has 0 fully saturated rings. The summed E-state index contributed by atoms with van der Waals surface area (Å²) >= 11 is 0. The fourth-order valence-corrected chi connectivity index (χ4v) is 3.01. The quantitative estimate of drug-likeness (QED) is 0.810. The van der Waals surface area contributed by atoms with Crippen molar-refractivity contribution < 1.29 is 14.3 Å². The fraction of sp³-hybridized carbons (Fsp3) is 0.389. The summed E-state index contributed by atoms with van der Waals surface area (Å²) < 4.78 is 6.80. The van der Waals surface area contributed by atoms with E-state index in [0.29, 0.717) is 37.4 Å². The van der Waals surface area contributed by atoms with Crippen LogP contribution in [0, 0.1) is 6.92 Å². The second kappa shape index (κ2) is 6.47. The van der Waals surface area contributed by atoms with Gasteiger partial charge in [0.05, 0.1) is 13.2 Å². The van der Waals surface area contributed by atoms with Gasteiger partial charge in [0.15, 0.2) is 5.69 Å². The van der Waals surface area contributed by atoms with Gasteiger partial charge in [0, 0.05) is 36.8 Å². The van der Waals surface area contributed by atoms with Crippen LogP contribution in [0.15, 0.2) is 24.3 Å². The molecule has 1 aromatic heterocycles. The van der Waals surface area contributed by atoms with Crippen LogP contribution in [0.2, 0.25) is 0 Å². The summed E-state index contributed by atoms with van der Waals surface area (Å²) in [6, 6.07) is 7.53. The molecule has 0 atom stereocenters. The zero-order chi connectivity index (χ0) is 17.3. The smallest absolute Gasteiger partial charge is 0.359 e. The first kappa shape index (κ1) is 16.2. The van der Waals surface area contributed by atoms with Crippen LogP contribution in [0.5, 0.6) is 0 Å². The van der Waals surface area contributed by atoms with E-state index in [1.807, 2.05) is 38.2 Å². The van der Waals surface area contributed by atoms with Gasteiger partial charge >= 0.3 is 5.97 Å². The molecule has 1 aliphatic heterocycles. The number of carbonyl (C=O) groups is 2. The lowest BCUT2D eigenvalue weighted by Crippen LogP contribution is -2.36. The highest BCUT2D eigenvalue weighted by Gasteiger charge is 2.30. The highest BCUT2D eigenvalue weighted by Crippen LogP contribution is 2.24. The third-order valence-electron chi connectivity index (χ3n) is 4.30. The molecule has 2 aromatic rings. The Balaban J connectivity index is 1.86. The summed E-state index contributed by atoms with van der Waals surface area (Å²) in [5.41, 5.74) is 3.87. The zero-order valence-electron chi connectivity index (χ0n) is 14.2. The van der Waals surface area contributed by atoms with Gasteiger partial charge in [0.2, 0.25) is 0 Å². The summed E-state index contributed by atoms with van der Waals surface area (Å²) in [5.74, 6) is -0.460. The van der Waals surface area contributed by atoms with Gasteiger partial charge in [-0.25, -0.2) is 4.79 Å². The monoisotopic (exact) mass is 327 g/mol. The first-order valence-corrected chi connectivity index (χ1v) is 8.09. The van der Waals surface area contributed by atoms with Gasteiger partial charge in [-0.05, 0) is 26.0 Å². The average molecular weight is 327 g/mol. The number of aromatic nitrogens is 2. The van der Waals surface area contributed by atoms with E-state index in [0.717, 1.165) is 16.8 Å². The maximum Gasteiger partial charge on any atom is 0.359 e. The van der Waals surface area contributed by atoms with Crippen LogP contribution in [-0.4, -0.2) is 39.7 Å². The van der Waals surface area contributed by atoms with Gasteiger partial charge in [-0.2, -0.15) is 5.10 Å². The molecule has 0 unspecified atom stereocenters. The molecule has 0 saturated carbocycles. The van der Waals surface area contributed by atoms with E-state index in [-0.39, 0.29) is 5.91 Å². The molecular weight excluding hydrogens is 306 g/mol. The number of carbonyl (C=O) groups excluding carboxylic acids is 2. The van der Waals surface area contributed by atoms with Crippen LogP contribution in [0.25, 0.3) is 0 Å². The number of aryl methyl sites for hydroxylation is 2. The van der Waals surface area contributed by atoms with E-state index in [1.165, 1.54) is 0 Å². The number of esters is 1. The Hall–Kier alpha value is -2.63. The van der Waals surface area contributed by atoms with Gasteiger partial charge in [0.25, 0.3) is 5.91 Å². The third kappa shape index (κ3) is 2.91. The van der Waals surface area contributed by atoms with Crippen LogP contribution in [-0.2, 0) is 24.8 Å². The van der Waals surface area contributed by atoms with Crippen molar-refractivity contribution in [3.8, 4) is 0 Å². The minimum Gasteiger partial charge on any atom is -0.461 e. The summed E-state index contributed by atoms with van der Waals surface area (Å²) in [7, 11) is 1.82. The van der Waals surface area contributed by atoms with Crippen LogP contribution in [0.3, 0.4) is 0 Å². The lowest BCUT2D eigenvalue weighted by Gasteiger charge is -2.27. The Morgan fingerprint density at radius 2 is 1.96 bits per heavy atom. The molecule has 0 radical (unpaired) electrons. The molecule has 0 saturated heterocycles. The van der Waals surface area contributed by atoms with Crippen molar-refractivity contribution in [1.29, 1.82) is 0 Å². The van der Waals surface area contributed by atoms with Gasteiger partial charge in [-0.15, -0.1) is 0 Å². The number of nitrogens with zero attached hydrogens (tertiary/aromatic N) is 3. The number of hydrogen-bond donors (Lipinski definition) is 0. The fourth-order valence-electron chi connectivity index (χ4n) is 3.01. The molecule has 1 aromatic carbocycles. The Kier molecular flexibility index (Phi) is 4.38. The Bertz CT molecular complexity index is 778. The molecular formula is C18H21N3O3. The second-order valence-corrected chi connectivity index (χ2v) is 5.96. The van der Waals surface area contributed by atoms with Crippen molar-refractivity contribution in [2.24, 2.45) is 7.05 Å². The summed E-state index contributed by atoms with van der Waals surface area (Å²) in [4.78, 5) is 26.6. The van der Waals surface area contributed by atoms with Crippen molar-refractivity contribution in [2.45, 2.75) is 26.8 Å². The first-order valence-electron chi connectivity index (χ1n) is 8.09. The number of ether oxygens (including phenoxy) is 1. The van der Waals surface area contributed by atoms with Gasteiger partial charge < -0.3 is 9.64 Å². The zero-order valence-corrected chi connectivity index (χ0v) is 14.2. The van der Waals surface area contributed by atoms with Crippen LogP contribution >= 0.6 is 0 Å². The third-order valence-corrected chi connectivity index (χ3v) is 4.30. The van der Waals surface area contributed by atoms with E-state index in [9.17, 15) is 9.59 Å². The van der Waals surface area contributed by atoms with E-state index in [1.54, 1.807) is 16.5 Å². The number of amides is 1. The predicted octanol–water partition coefficient (Wildman–Crippen LogP) is 2.10. The maximum atomic E-state index is 12.7. The molecule has 0 bridgehead atoms. The number of benzene rings is 1. The summed E-state index contributed by atoms with van der Waals surface area (Å²) in [6.07, 6.45) is 0.676. The molecule has 6 heteroatoms. The first-order chi connectivity index (χ1) is 11.5. The SMILES string of the molecule is CCOC(=O)c1nn(C)c2c1CN(C(=O)c1ccc(C)cc1)CC2. The molecule has 24 heavy (non-hydrogen) atoms. The molecule has 126 valence electrons. The Labute approximate surface area is 141 Å². The average Bonchev–Trinajstić information content (AvgIpc) is 2.92. The molecule has 0 aliphatic carbocycles.